The summed E-state index contributed by atoms with van der Waals surface area (Å²) in [7, 11) is 1.86. The topological polar surface area (TPSA) is 58.4 Å². The molecule has 5 heteroatoms. The number of rotatable bonds is 2. The van der Waals surface area contributed by atoms with E-state index in [1.54, 1.807) is 0 Å². The molecule has 0 spiro atoms. The van der Waals surface area contributed by atoms with Gasteiger partial charge in [0.25, 0.3) is 5.91 Å². The molecular weight excluding hydrogens is 302 g/mol. The highest BCUT2D eigenvalue weighted by molar-refractivity contribution is 5.98. The van der Waals surface area contributed by atoms with Crippen molar-refractivity contribution in [3.05, 3.63) is 65.0 Å². The van der Waals surface area contributed by atoms with Gasteiger partial charge in [0.05, 0.1) is 17.1 Å². The van der Waals surface area contributed by atoms with Crippen LogP contribution < -0.4 is 0 Å². The number of fused-ring (bicyclic) bond motifs is 2. The van der Waals surface area contributed by atoms with Crippen molar-refractivity contribution in [3.8, 4) is 0 Å². The number of aliphatic hydroxyl groups excluding tert-OH is 1. The van der Waals surface area contributed by atoms with Gasteiger partial charge >= 0.3 is 0 Å². The fraction of sp³-hybridized carbons (Fsp3) is 0.263. The molecule has 0 aliphatic carbocycles. The lowest BCUT2D eigenvalue weighted by Crippen LogP contribution is -2.28. The maximum absolute atomic E-state index is 13.0. The number of aryl methyl sites for hydroxylation is 1. The second kappa shape index (κ2) is 5.46. The third-order valence-electron chi connectivity index (χ3n) is 4.94. The number of aliphatic hydroxyl groups is 1. The van der Waals surface area contributed by atoms with Gasteiger partial charge in [-0.15, -0.1) is 0 Å². The normalized spacial score (nSPS) is 16.6. The SMILES string of the molecule is C[C@H]1c2ccccc2CN1C(=O)c1ccc2c(c1)nc(CO)n2C. The molecule has 0 radical (unpaired) electrons. The minimum atomic E-state index is -0.118. The summed E-state index contributed by atoms with van der Waals surface area (Å²) in [5.41, 5.74) is 4.70. The molecule has 5 nitrogen and oxygen atoms in total. The second-order valence-electron chi connectivity index (χ2n) is 6.26. The number of nitrogens with zero attached hydrogens (tertiary/aromatic N) is 3. The minimum absolute atomic E-state index is 0.0109. The molecule has 1 amide bonds. The molecule has 1 N–H and O–H groups in total. The predicted octanol–water partition coefficient (Wildman–Crippen LogP) is 2.78. The maximum atomic E-state index is 13.0. The fourth-order valence-electron chi connectivity index (χ4n) is 3.51. The molecule has 4 rings (SSSR count). The van der Waals surface area contributed by atoms with Gasteiger partial charge in [0.15, 0.2) is 0 Å². The number of imidazole rings is 1. The highest BCUT2D eigenvalue weighted by atomic mass is 16.3. The Balaban J connectivity index is 1.69. The molecule has 122 valence electrons. The van der Waals surface area contributed by atoms with Gasteiger partial charge in [-0.1, -0.05) is 24.3 Å². The van der Waals surface area contributed by atoms with E-state index < -0.39 is 0 Å². The van der Waals surface area contributed by atoms with Crippen molar-refractivity contribution in [1.29, 1.82) is 0 Å². The smallest absolute Gasteiger partial charge is 0.254 e. The molecule has 2 heterocycles. The van der Waals surface area contributed by atoms with Crippen molar-refractivity contribution in [2.45, 2.75) is 26.1 Å². The van der Waals surface area contributed by atoms with Crippen LogP contribution in [-0.4, -0.2) is 25.5 Å². The highest BCUT2D eigenvalue weighted by Crippen LogP contribution is 2.34. The Hall–Kier alpha value is -2.66. The Morgan fingerprint density at radius 2 is 2.08 bits per heavy atom. The minimum Gasteiger partial charge on any atom is -0.388 e. The Bertz CT molecular complexity index is 945. The zero-order chi connectivity index (χ0) is 16.8. The summed E-state index contributed by atoms with van der Waals surface area (Å²) < 4.78 is 1.85. The van der Waals surface area contributed by atoms with Gasteiger partial charge in [0.1, 0.15) is 12.4 Å². The Kier molecular flexibility index (Phi) is 3.39. The maximum Gasteiger partial charge on any atom is 0.254 e. The summed E-state index contributed by atoms with van der Waals surface area (Å²) >= 11 is 0. The molecule has 0 saturated heterocycles. The Morgan fingerprint density at radius 1 is 1.29 bits per heavy atom. The van der Waals surface area contributed by atoms with Gasteiger partial charge in [-0.05, 0) is 36.2 Å². The fourth-order valence-corrected chi connectivity index (χ4v) is 3.51. The van der Waals surface area contributed by atoms with E-state index in [4.69, 9.17) is 0 Å². The number of amides is 1. The summed E-state index contributed by atoms with van der Waals surface area (Å²) in [6, 6.07) is 13.8. The van der Waals surface area contributed by atoms with Crippen LogP contribution in [-0.2, 0) is 20.2 Å². The predicted molar refractivity (Wildman–Crippen MR) is 91.4 cm³/mol. The molecule has 0 fully saturated rings. The second-order valence-corrected chi connectivity index (χ2v) is 6.26. The molecule has 24 heavy (non-hydrogen) atoms. The first-order chi connectivity index (χ1) is 11.6. The van der Waals surface area contributed by atoms with Gasteiger partial charge in [-0.3, -0.25) is 4.79 Å². The third kappa shape index (κ3) is 2.12. The summed E-state index contributed by atoms with van der Waals surface area (Å²) in [4.78, 5) is 19.3. The first kappa shape index (κ1) is 14.9. The van der Waals surface area contributed by atoms with Crippen LogP contribution in [0.15, 0.2) is 42.5 Å². The molecule has 0 unspecified atom stereocenters. The van der Waals surface area contributed by atoms with Gasteiger partial charge in [0, 0.05) is 19.2 Å². The van der Waals surface area contributed by atoms with E-state index in [0.29, 0.717) is 17.9 Å². The van der Waals surface area contributed by atoms with Crippen LogP contribution >= 0.6 is 0 Å². The van der Waals surface area contributed by atoms with Gasteiger partial charge in [-0.2, -0.15) is 0 Å². The summed E-state index contributed by atoms with van der Waals surface area (Å²) in [6.07, 6.45) is 0. The van der Waals surface area contributed by atoms with Crippen LogP contribution in [0.5, 0.6) is 0 Å². The third-order valence-corrected chi connectivity index (χ3v) is 4.94. The van der Waals surface area contributed by atoms with E-state index >= 15 is 0 Å². The zero-order valence-corrected chi connectivity index (χ0v) is 13.7. The van der Waals surface area contributed by atoms with E-state index in [1.165, 1.54) is 11.1 Å². The standard InChI is InChI=1S/C19H19N3O2/c1-12-15-6-4-3-5-14(15)10-22(12)19(24)13-7-8-17-16(9-13)20-18(11-23)21(17)2/h3-9,12,23H,10-11H2,1-2H3/t12-/m0/s1. The van der Waals surface area contributed by atoms with Crippen LogP contribution in [0.4, 0.5) is 0 Å². The summed E-state index contributed by atoms with van der Waals surface area (Å²) in [5.74, 6) is 0.605. The average Bonchev–Trinajstić information content (AvgIpc) is 3.12. The van der Waals surface area contributed by atoms with Crippen LogP contribution in [0, 0.1) is 0 Å². The van der Waals surface area contributed by atoms with Crippen molar-refractivity contribution in [2.75, 3.05) is 0 Å². The molecule has 1 atom stereocenters. The van der Waals surface area contributed by atoms with E-state index in [0.717, 1.165) is 11.0 Å². The number of hydrogen-bond donors (Lipinski definition) is 1. The lowest BCUT2D eigenvalue weighted by Gasteiger charge is -2.22. The van der Waals surface area contributed by atoms with Crippen molar-refractivity contribution >= 4 is 16.9 Å². The van der Waals surface area contributed by atoms with E-state index in [2.05, 4.69) is 24.0 Å². The first-order valence-corrected chi connectivity index (χ1v) is 8.05. The van der Waals surface area contributed by atoms with Crippen molar-refractivity contribution in [2.24, 2.45) is 7.05 Å². The monoisotopic (exact) mass is 321 g/mol. The van der Waals surface area contributed by atoms with Crippen molar-refractivity contribution in [3.63, 3.8) is 0 Å². The number of aromatic nitrogens is 2. The molecule has 0 saturated carbocycles. The number of benzene rings is 2. The molecule has 1 aliphatic heterocycles. The van der Waals surface area contributed by atoms with Gasteiger partial charge < -0.3 is 14.6 Å². The molecule has 2 aromatic carbocycles. The Morgan fingerprint density at radius 3 is 2.83 bits per heavy atom. The van der Waals surface area contributed by atoms with Gasteiger partial charge in [-0.25, -0.2) is 4.98 Å². The van der Waals surface area contributed by atoms with Crippen LogP contribution in [0.25, 0.3) is 11.0 Å². The van der Waals surface area contributed by atoms with Crippen LogP contribution in [0.1, 0.15) is 40.3 Å². The largest absolute Gasteiger partial charge is 0.388 e. The Labute approximate surface area is 140 Å². The molecule has 1 aliphatic rings. The molecule has 1 aromatic heterocycles. The van der Waals surface area contributed by atoms with Gasteiger partial charge in [0.2, 0.25) is 0 Å². The van der Waals surface area contributed by atoms with E-state index in [1.807, 2.05) is 46.8 Å². The first-order valence-electron chi connectivity index (χ1n) is 8.05. The van der Waals surface area contributed by atoms with E-state index in [9.17, 15) is 9.90 Å². The summed E-state index contributed by atoms with van der Waals surface area (Å²) in [6.45, 7) is 2.58. The van der Waals surface area contributed by atoms with Crippen molar-refractivity contribution in [1.82, 2.24) is 14.5 Å². The number of carbonyl (C=O) groups excluding carboxylic acids is 1. The number of carbonyl (C=O) groups is 1. The lowest BCUT2D eigenvalue weighted by atomic mass is 10.1. The molecule has 3 aromatic rings. The van der Waals surface area contributed by atoms with Crippen LogP contribution in [0.2, 0.25) is 0 Å². The quantitative estimate of drug-likeness (QED) is 0.789. The molecular formula is C19H19N3O2. The summed E-state index contributed by atoms with van der Waals surface area (Å²) in [5, 5.41) is 9.35. The number of hydrogen-bond acceptors (Lipinski definition) is 3. The average molecular weight is 321 g/mol. The van der Waals surface area contributed by atoms with E-state index in [-0.39, 0.29) is 18.6 Å². The van der Waals surface area contributed by atoms with Crippen molar-refractivity contribution < 1.29 is 9.90 Å². The molecule has 0 bridgehead atoms. The lowest BCUT2D eigenvalue weighted by molar-refractivity contribution is 0.0705. The van der Waals surface area contributed by atoms with Crippen LogP contribution in [0.3, 0.4) is 0 Å². The highest BCUT2D eigenvalue weighted by Gasteiger charge is 2.30. The zero-order valence-electron chi connectivity index (χ0n) is 13.7.